The first-order valence-corrected chi connectivity index (χ1v) is 2.10. The average Bonchev–Trinajstić information content (AvgIpc) is 0.722. The Balaban J connectivity index is -0.0000000800. The van der Waals surface area contributed by atoms with Crippen molar-refractivity contribution in [3.63, 3.8) is 0 Å². The van der Waals surface area contributed by atoms with Gasteiger partial charge in [0.2, 0.25) is 0 Å². The molecule has 7 heteroatoms. The van der Waals surface area contributed by atoms with E-state index in [1.165, 1.54) is 0 Å². The fourth-order valence-electron chi connectivity index (χ4n) is 0. The van der Waals surface area contributed by atoms with Crippen LogP contribution in [0.5, 0.6) is 0 Å². The molecule has 0 aliphatic carbocycles. The fourth-order valence-corrected chi connectivity index (χ4v) is 0. The molecule has 0 bridgehead atoms. The summed E-state index contributed by atoms with van der Waals surface area (Å²) in [6.07, 6.45) is 0. The van der Waals surface area contributed by atoms with Crippen LogP contribution >= 0.6 is 0 Å². The molecule has 0 aromatic rings. The van der Waals surface area contributed by atoms with Crippen LogP contribution in [-0.2, 0) is 10.4 Å². The predicted molar refractivity (Wildman–Crippen MR) is 31.3 cm³/mol. The molecule has 0 heterocycles. The predicted octanol–water partition coefficient (Wildman–Crippen LogP) is -2.49. The molecule has 0 atom stereocenters. The first-order chi connectivity index (χ1) is 2.00. The van der Waals surface area contributed by atoms with Gasteiger partial charge in [-0.3, -0.25) is 9.11 Å². The van der Waals surface area contributed by atoms with Crippen molar-refractivity contribution < 1.29 is 17.5 Å². The zero-order valence-electron chi connectivity index (χ0n) is 2.12. The first-order valence-electron chi connectivity index (χ1n) is 0.698. The molecular formula is H6BaCaO4S. The SMILES string of the molecule is O=S(=O)(O)O.[BaH2].[CaH2]. The summed E-state index contributed by atoms with van der Waals surface area (Å²) in [5.74, 6) is 0. The van der Waals surface area contributed by atoms with Gasteiger partial charge in [0.1, 0.15) is 0 Å². The number of hydrogen-bond acceptors (Lipinski definition) is 2. The van der Waals surface area contributed by atoms with E-state index in [4.69, 9.17) is 17.5 Å². The molecule has 0 saturated heterocycles. The van der Waals surface area contributed by atoms with Crippen LogP contribution in [0.3, 0.4) is 0 Å². The van der Waals surface area contributed by atoms with Crippen molar-refractivity contribution in [3.8, 4) is 0 Å². The van der Waals surface area contributed by atoms with E-state index in [-0.39, 0.29) is 86.6 Å². The van der Waals surface area contributed by atoms with Crippen molar-refractivity contribution >= 4 is 97.0 Å². The van der Waals surface area contributed by atoms with E-state index in [1.54, 1.807) is 0 Å². The zero-order valence-corrected chi connectivity index (χ0v) is 2.94. The molecule has 7 heavy (non-hydrogen) atoms. The minimum atomic E-state index is -4.67. The second-order valence-electron chi connectivity index (χ2n) is 0.448. The van der Waals surface area contributed by atoms with Crippen LogP contribution in [0.15, 0.2) is 0 Å². The molecule has 2 N–H and O–H groups in total. The summed E-state index contributed by atoms with van der Waals surface area (Å²) in [5.41, 5.74) is 0. The van der Waals surface area contributed by atoms with Crippen LogP contribution < -0.4 is 0 Å². The van der Waals surface area contributed by atoms with Gasteiger partial charge in [0, 0.05) is 0 Å². The Kier molecular flexibility index (Phi) is 15.9. The summed E-state index contributed by atoms with van der Waals surface area (Å²) < 4.78 is 31.6. The summed E-state index contributed by atoms with van der Waals surface area (Å²) in [6, 6.07) is 0. The van der Waals surface area contributed by atoms with E-state index in [0.717, 1.165) is 0 Å². The van der Waals surface area contributed by atoms with Crippen molar-refractivity contribution in [2.45, 2.75) is 0 Å². The maximum atomic E-state index is 8.74. The van der Waals surface area contributed by atoms with E-state index >= 15 is 0 Å². The van der Waals surface area contributed by atoms with Crippen LogP contribution in [0.1, 0.15) is 0 Å². The molecule has 0 aromatic carbocycles. The van der Waals surface area contributed by atoms with E-state index in [0.29, 0.717) is 0 Å². The summed E-state index contributed by atoms with van der Waals surface area (Å²) in [7, 11) is -4.67. The summed E-state index contributed by atoms with van der Waals surface area (Å²) >= 11 is 0. The fraction of sp³-hybridized carbons (Fsp3) is 0. The van der Waals surface area contributed by atoms with Gasteiger partial charge in [-0.05, 0) is 0 Å². The number of rotatable bonds is 0. The molecule has 0 rings (SSSR count). The van der Waals surface area contributed by atoms with E-state index in [1.807, 2.05) is 0 Å². The van der Waals surface area contributed by atoms with Gasteiger partial charge in [0.25, 0.3) is 0 Å². The van der Waals surface area contributed by atoms with Crippen molar-refractivity contribution in [2.75, 3.05) is 0 Å². The Bertz CT molecular complexity index is 94.9. The molecule has 0 unspecified atom stereocenters. The Hall–Kier alpha value is 2.70. The monoisotopic (exact) mass is 280 g/mol. The number of hydrogen-bond donors (Lipinski definition) is 2. The molecule has 0 radical (unpaired) electrons. The molecule has 0 fully saturated rings. The first kappa shape index (κ1) is 16.4. The summed E-state index contributed by atoms with van der Waals surface area (Å²) in [6.45, 7) is 0. The third-order valence-electron chi connectivity index (χ3n) is 0. The molecule has 0 aromatic heterocycles. The van der Waals surface area contributed by atoms with Gasteiger partial charge in [-0.25, -0.2) is 0 Å². The van der Waals surface area contributed by atoms with Gasteiger partial charge < -0.3 is 0 Å². The average molecular weight is 280 g/mol. The third kappa shape index (κ3) is 53.6. The topological polar surface area (TPSA) is 74.6 Å². The molecule has 0 aliphatic rings. The second-order valence-corrected chi connectivity index (χ2v) is 1.34. The standard InChI is InChI=1S/Ba.Ca.H2O4S.4H/c;;1-5(2,3)4;;;;/h;;(H2,1,2,3,4);;;;. The summed E-state index contributed by atoms with van der Waals surface area (Å²) in [4.78, 5) is 0. The van der Waals surface area contributed by atoms with Crippen LogP contribution in [0, 0.1) is 0 Å². The van der Waals surface area contributed by atoms with Crippen LogP contribution in [0.25, 0.3) is 0 Å². The van der Waals surface area contributed by atoms with Gasteiger partial charge in [-0.1, -0.05) is 0 Å². The quantitative estimate of drug-likeness (QED) is 0.380. The molecule has 0 aliphatic heterocycles. The Morgan fingerprint density at radius 1 is 1.14 bits per heavy atom. The second kappa shape index (κ2) is 6.82. The normalized spacial score (nSPS) is 8.29. The van der Waals surface area contributed by atoms with E-state index in [9.17, 15) is 0 Å². The van der Waals surface area contributed by atoms with Crippen molar-refractivity contribution in [2.24, 2.45) is 0 Å². The van der Waals surface area contributed by atoms with Gasteiger partial charge in [-0.15, -0.1) is 0 Å². The molecule has 4 nitrogen and oxygen atoms in total. The molecular weight excluding hydrogens is 273 g/mol. The van der Waals surface area contributed by atoms with Crippen LogP contribution in [0.2, 0.25) is 0 Å². The maximum absolute atomic E-state index is 8.74. The summed E-state index contributed by atoms with van der Waals surface area (Å²) in [5, 5.41) is 0. The Labute approximate surface area is 112 Å². The third-order valence-corrected chi connectivity index (χ3v) is 0. The van der Waals surface area contributed by atoms with Gasteiger partial charge in [0.15, 0.2) is 0 Å². The molecule has 0 spiro atoms. The van der Waals surface area contributed by atoms with Crippen molar-refractivity contribution in [3.05, 3.63) is 0 Å². The van der Waals surface area contributed by atoms with Gasteiger partial charge in [0.05, 0.1) is 0 Å². The van der Waals surface area contributed by atoms with E-state index < -0.39 is 10.4 Å². The van der Waals surface area contributed by atoms with Crippen molar-refractivity contribution in [1.82, 2.24) is 0 Å². The Morgan fingerprint density at radius 2 is 1.14 bits per heavy atom. The molecule has 0 saturated carbocycles. The van der Waals surface area contributed by atoms with Crippen LogP contribution in [-0.4, -0.2) is 104 Å². The Morgan fingerprint density at radius 3 is 1.14 bits per heavy atom. The van der Waals surface area contributed by atoms with Crippen LogP contribution in [0.4, 0.5) is 0 Å². The van der Waals surface area contributed by atoms with Gasteiger partial charge >= 0.3 is 97.0 Å². The molecule has 0 amide bonds. The zero-order chi connectivity index (χ0) is 4.50. The molecule has 40 valence electrons. The van der Waals surface area contributed by atoms with E-state index in [2.05, 4.69) is 0 Å². The van der Waals surface area contributed by atoms with Crippen molar-refractivity contribution in [1.29, 1.82) is 0 Å². The minimum absolute atomic E-state index is 0. The van der Waals surface area contributed by atoms with Gasteiger partial charge in [-0.2, -0.15) is 8.42 Å².